The lowest BCUT2D eigenvalue weighted by atomic mass is 9.85. The van der Waals surface area contributed by atoms with Gasteiger partial charge in [-0.2, -0.15) is 0 Å². The first kappa shape index (κ1) is 18.5. The van der Waals surface area contributed by atoms with E-state index < -0.39 is 39.9 Å². The van der Waals surface area contributed by atoms with Gasteiger partial charge in [0.05, 0.1) is 18.0 Å². The van der Waals surface area contributed by atoms with Crippen molar-refractivity contribution in [2.75, 3.05) is 7.11 Å². The molecule has 2 aromatic carbocycles. The topological polar surface area (TPSA) is 125 Å². The fourth-order valence-corrected chi connectivity index (χ4v) is 3.56. The number of nitro benzene ring substituents is 1. The molecule has 140 valence electrons. The first-order valence-corrected chi connectivity index (χ1v) is 8.20. The van der Waals surface area contributed by atoms with Crippen molar-refractivity contribution in [1.82, 2.24) is 5.32 Å². The number of non-ortho nitro benzene ring substituents is 1. The highest BCUT2D eigenvalue weighted by atomic mass is 16.6. The number of hydrogen-bond acceptors (Lipinski definition) is 7. The summed E-state index contributed by atoms with van der Waals surface area (Å²) < 4.78 is 4.83. The summed E-state index contributed by atoms with van der Waals surface area (Å²) in [6.07, 6.45) is 0. The molecule has 0 aromatic heterocycles. The van der Waals surface area contributed by atoms with E-state index >= 15 is 0 Å². The lowest BCUT2D eigenvalue weighted by Crippen LogP contribution is -2.37. The van der Waals surface area contributed by atoms with Crippen LogP contribution >= 0.6 is 0 Å². The van der Waals surface area contributed by atoms with E-state index in [2.05, 4.69) is 5.32 Å². The second-order valence-corrected chi connectivity index (χ2v) is 6.21. The maximum atomic E-state index is 12.3. The number of carbonyl (C=O) groups is 1. The molecule has 1 aliphatic rings. The molecule has 0 amide bonds. The summed E-state index contributed by atoms with van der Waals surface area (Å²) in [6, 6.07) is 11.5. The third-order valence-electron chi connectivity index (χ3n) is 4.77. The normalized spacial score (nSPS) is 24.3. The maximum Gasteiger partial charge on any atom is 0.323 e. The van der Waals surface area contributed by atoms with Gasteiger partial charge in [-0.1, -0.05) is 42.5 Å². The van der Waals surface area contributed by atoms with Crippen LogP contribution in [0.5, 0.6) is 0 Å². The summed E-state index contributed by atoms with van der Waals surface area (Å²) in [4.78, 5) is 34.1. The minimum Gasteiger partial charge on any atom is -0.468 e. The molecule has 9 nitrogen and oxygen atoms in total. The van der Waals surface area contributed by atoms with Crippen molar-refractivity contribution in [3.05, 3.63) is 86.0 Å². The van der Waals surface area contributed by atoms with Crippen molar-refractivity contribution in [3.8, 4) is 0 Å². The predicted molar refractivity (Wildman–Crippen MR) is 94.7 cm³/mol. The number of nitrogens with zero attached hydrogens (tertiary/aromatic N) is 2. The highest BCUT2D eigenvalue weighted by molar-refractivity contribution is 5.78. The summed E-state index contributed by atoms with van der Waals surface area (Å²) in [5, 5.41) is 25.8. The van der Waals surface area contributed by atoms with E-state index in [1.54, 1.807) is 30.3 Å². The van der Waals surface area contributed by atoms with E-state index in [9.17, 15) is 25.0 Å². The van der Waals surface area contributed by atoms with Crippen LogP contribution in [0.2, 0.25) is 0 Å². The molecule has 0 bridgehead atoms. The highest BCUT2D eigenvalue weighted by Crippen LogP contribution is 2.40. The third kappa shape index (κ3) is 3.49. The van der Waals surface area contributed by atoms with Gasteiger partial charge in [-0.15, -0.1) is 0 Å². The Labute approximate surface area is 154 Å². The largest absolute Gasteiger partial charge is 0.468 e. The van der Waals surface area contributed by atoms with E-state index in [0.717, 1.165) is 0 Å². The molecular weight excluding hydrogens is 354 g/mol. The molecular formula is C18H17N3O6. The van der Waals surface area contributed by atoms with Crippen LogP contribution in [0.4, 0.5) is 5.69 Å². The van der Waals surface area contributed by atoms with Crippen molar-refractivity contribution in [1.29, 1.82) is 0 Å². The van der Waals surface area contributed by atoms with Crippen molar-refractivity contribution >= 4 is 11.7 Å². The Kier molecular flexibility index (Phi) is 5.13. The van der Waals surface area contributed by atoms with Crippen LogP contribution in [-0.4, -0.2) is 35.0 Å². The molecule has 9 heteroatoms. The van der Waals surface area contributed by atoms with Gasteiger partial charge in [0, 0.05) is 17.1 Å². The second kappa shape index (κ2) is 7.50. The summed E-state index contributed by atoms with van der Waals surface area (Å²) in [5.74, 6) is -1.46. The Hall–Kier alpha value is -3.33. The fourth-order valence-electron chi connectivity index (χ4n) is 3.56. The van der Waals surface area contributed by atoms with Crippen molar-refractivity contribution in [2.45, 2.75) is 24.0 Å². The smallest absolute Gasteiger partial charge is 0.323 e. The predicted octanol–water partition coefficient (Wildman–Crippen LogP) is 2.21. The molecule has 1 fully saturated rings. The molecule has 0 radical (unpaired) electrons. The molecule has 1 aliphatic heterocycles. The molecule has 0 unspecified atom stereocenters. The summed E-state index contributed by atoms with van der Waals surface area (Å²) in [7, 11) is 1.22. The summed E-state index contributed by atoms with van der Waals surface area (Å²) in [6.45, 7) is 0. The molecule has 0 saturated carbocycles. The van der Waals surface area contributed by atoms with Crippen molar-refractivity contribution in [3.63, 3.8) is 0 Å². The van der Waals surface area contributed by atoms with Crippen LogP contribution in [0.3, 0.4) is 0 Å². The number of rotatable bonds is 5. The molecule has 0 spiro atoms. The van der Waals surface area contributed by atoms with Gasteiger partial charge >= 0.3 is 5.97 Å². The van der Waals surface area contributed by atoms with Crippen LogP contribution in [0.25, 0.3) is 0 Å². The minimum atomic E-state index is -1.14. The van der Waals surface area contributed by atoms with Gasteiger partial charge in [0.25, 0.3) is 5.69 Å². The average Bonchev–Trinajstić information content (AvgIpc) is 3.09. The monoisotopic (exact) mass is 371 g/mol. The SMILES string of the molecule is COC(=O)[C@H]1N[C@H](c2ccccc2)[C@@H]([N+](=O)[O-])[C@@H]1c1ccc([N+](=O)[O-])cc1. The lowest BCUT2D eigenvalue weighted by Gasteiger charge is -2.19. The van der Waals surface area contributed by atoms with E-state index in [1.807, 2.05) is 0 Å². The number of carbonyl (C=O) groups excluding carboxylic acids is 1. The Balaban J connectivity index is 2.07. The Morgan fingerprint density at radius 2 is 1.63 bits per heavy atom. The van der Waals surface area contributed by atoms with Crippen LogP contribution in [0.15, 0.2) is 54.6 Å². The van der Waals surface area contributed by atoms with Crippen molar-refractivity contribution in [2.24, 2.45) is 0 Å². The first-order valence-electron chi connectivity index (χ1n) is 8.20. The van der Waals surface area contributed by atoms with Crippen LogP contribution in [-0.2, 0) is 9.53 Å². The van der Waals surface area contributed by atoms with E-state index in [-0.39, 0.29) is 5.69 Å². The number of esters is 1. The standard InChI is InChI=1S/C18H17N3O6/c1-27-18(22)16-14(11-7-9-13(10-8-11)20(23)24)17(21(25)26)15(19-16)12-5-3-2-4-6-12/h2-10,14-17,19H,1H3/t14-,15-,16+,17+/m1/s1. The minimum absolute atomic E-state index is 0.128. The van der Waals surface area contributed by atoms with E-state index in [0.29, 0.717) is 11.1 Å². The number of nitrogens with one attached hydrogen (secondary N) is 1. The molecule has 0 aliphatic carbocycles. The molecule has 1 heterocycles. The maximum absolute atomic E-state index is 12.3. The zero-order valence-electron chi connectivity index (χ0n) is 14.3. The zero-order valence-corrected chi connectivity index (χ0v) is 14.3. The molecule has 1 saturated heterocycles. The van der Waals surface area contributed by atoms with E-state index in [4.69, 9.17) is 4.74 Å². The quantitative estimate of drug-likeness (QED) is 0.485. The number of hydrogen-bond donors (Lipinski definition) is 1. The Bertz CT molecular complexity index is 855. The fraction of sp³-hybridized carbons (Fsp3) is 0.278. The average molecular weight is 371 g/mol. The van der Waals surface area contributed by atoms with Gasteiger partial charge < -0.3 is 4.74 Å². The molecule has 2 aromatic rings. The van der Waals surface area contributed by atoms with Gasteiger partial charge in [0.2, 0.25) is 6.04 Å². The van der Waals surface area contributed by atoms with Crippen LogP contribution in [0.1, 0.15) is 23.1 Å². The van der Waals surface area contributed by atoms with Crippen LogP contribution < -0.4 is 5.32 Å². The van der Waals surface area contributed by atoms with Gasteiger partial charge in [-0.3, -0.25) is 30.3 Å². The summed E-state index contributed by atoms with van der Waals surface area (Å²) >= 11 is 0. The number of benzene rings is 2. The number of nitro groups is 2. The molecule has 4 atom stereocenters. The lowest BCUT2D eigenvalue weighted by molar-refractivity contribution is -0.527. The molecule has 1 N–H and O–H groups in total. The highest BCUT2D eigenvalue weighted by Gasteiger charge is 2.54. The Morgan fingerprint density at radius 1 is 1.00 bits per heavy atom. The third-order valence-corrected chi connectivity index (χ3v) is 4.77. The molecule has 3 rings (SSSR count). The second-order valence-electron chi connectivity index (χ2n) is 6.21. The molecule has 27 heavy (non-hydrogen) atoms. The van der Waals surface area contributed by atoms with Gasteiger partial charge in [-0.05, 0) is 11.1 Å². The van der Waals surface area contributed by atoms with E-state index in [1.165, 1.54) is 31.4 Å². The number of methoxy groups -OCH3 is 1. The Morgan fingerprint density at radius 3 is 2.15 bits per heavy atom. The van der Waals surface area contributed by atoms with Gasteiger partial charge in [-0.25, -0.2) is 0 Å². The van der Waals surface area contributed by atoms with Gasteiger partial charge in [0.1, 0.15) is 12.1 Å². The first-order chi connectivity index (χ1) is 12.9. The summed E-state index contributed by atoms with van der Waals surface area (Å²) in [5.41, 5.74) is 1.01. The number of ether oxygens (including phenoxy) is 1. The van der Waals surface area contributed by atoms with Crippen molar-refractivity contribution < 1.29 is 19.4 Å². The van der Waals surface area contributed by atoms with Gasteiger partial charge in [0.15, 0.2) is 0 Å². The van der Waals surface area contributed by atoms with Crippen LogP contribution in [0, 0.1) is 20.2 Å². The zero-order chi connectivity index (χ0) is 19.6.